The molecule has 1 aromatic carbocycles. The molecule has 1 N–H and O–H groups in total. The minimum atomic E-state index is -2.99. The number of nitrogens with zero attached hydrogens (tertiary/aromatic N) is 1. The van der Waals surface area contributed by atoms with E-state index in [9.17, 15) is 13.2 Å². The van der Waals surface area contributed by atoms with E-state index in [1.807, 2.05) is 26.0 Å². The lowest BCUT2D eigenvalue weighted by atomic mass is 10.1. The molecule has 0 bridgehead atoms. The number of benzene rings is 1. The van der Waals surface area contributed by atoms with Crippen molar-refractivity contribution < 1.29 is 13.2 Å². The third-order valence-electron chi connectivity index (χ3n) is 4.23. The van der Waals surface area contributed by atoms with Gasteiger partial charge in [-0.3, -0.25) is 4.79 Å². The van der Waals surface area contributed by atoms with Crippen LogP contribution in [-0.2, 0) is 9.84 Å². The Morgan fingerprint density at radius 3 is 2.22 bits per heavy atom. The molecule has 1 fully saturated rings. The van der Waals surface area contributed by atoms with Crippen LogP contribution in [0.15, 0.2) is 36.4 Å². The SMILES string of the molecule is Cc1ccc(C)n1-c1ccc(C(=O)N[C@H]2CCS(=O)(=O)C2)cc1. The van der Waals surface area contributed by atoms with Crippen LogP contribution < -0.4 is 5.32 Å². The Hall–Kier alpha value is -2.08. The molecular formula is C17H20N2O3S. The second kappa shape index (κ2) is 5.85. The molecule has 1 aliphatic heterocycles. The van der Waals surface area contributed by atoms with Gasteiger partial charge < -0.3 is 9.88 Å². The molecule has 5 nitrogen and oxygen atoms in total. The number of aryl methyl sites for hydroxylation is 2. The Balaban J connectivity index is 1.74. The van der Waals surface area contributed by atoms with Crippen LogP contribution in [-0.4, -0.2) is 36.4 Å². The second-order valence-electron chi connectivity index (χ2n) is 6.07. The Morgan fingerprint density at radius 1 is 1.09 bits per heavy atom. The lowest BCUT2D eigenvalue weighted by Gasteiger charge is -2.12. The summed E-state index contributed by atoms with van der Waals surface area (Å²) in [6, 6.07) is 11.2. The van der Waals surface area contributed by atoms with Gasteiger partial charge in [-0.25, -0.2) is 8.42 Å². The Bertz CT molecular complexity index is 816. The van der Waals surface area contributed by atoms with E-state index in [2.05, 4.69) is 22.0 Å². The first-order chi connectivity index (χ1) is 10.9. The van der Waals surface area contributed by atoms with Crippen LogP contribution >= 0.6 is 0 Å². The third-order valence-corrected chi connectivity index (χ3v) is 5.99. The van der Waals surface area contributed by atoms with Gasteiger partial charge in [0.1, 0.15) is 0 Å². The predicted molar refractivity (Wildman–Crippen MR) is 89.8 cm³/mol. The molecule has 1 aromatic heterocycles. The standard InChI is InChI=1S/C17H20N2O3S/c1-12-3-4-13(2)19(12)16-7-5-14(6-8-16)17(20)18-15-9-10-23(21,22)11-15/h3-8,15H,9-11H2,1-2H3,(H,18,20)/t15-/m0/s1. The largest absolute Gasteiger partial charge is 0.348 e. The lowest BCUT2D eigenvalue weighted by molar-refractivity contribution is 0.0941. The van der Waals surface area contributed by atoms with Crippen molar-refractivity contribution in [2.75, 3.05) is 11.5 Å². The van der Waals surface area contributed by atoms with Crippen LogP contribution in [0.3, 0.4) is 0 Å². The molecule has 1 aliphatic rings. The zero-order chi connectivity index (χ0) is 16.6. The molecule has 0 unspecified atom stereocenters. The fourth-order valence-corrected chi connectivity index (χ4v) is 4.69. The van der Waals surface area contributed by atoms with Crippen LogP contribution in [0.4, 0.5) is 0 Å². The topological polar surface area (TPSA) is 68.2 Å². The van der Waals surface area contributed by atoms with Crippen LogP contribution in [0.1, 0.15) is 28.2 Å². The summed E-state index contributed by atoms with van der Waals surface area (Å²) in [5.41, 5.74) is 3.82. The van der Waals surface area contributed by atoms with Gasteiger partial charge >= 0.3 is 0 Å². The fourth-order valence-electron chi connectivity index (χ4n) is 3.02. The van der Waals surface area contributed by atoms with Gasteiger partial charge in [0.15, 0.2) is 9.84 Å². The van der Waals surface area contributed by atoms with Crippen molar-refractivity contribution in [3.63, 3.8) is 0 Å². The van der Waals surface area contributed by atoms with Crippen LogP contribution in [0.2, 0.25) is 0 Å². The maximum atomic E-state index is 12.2. The van der Waals surface area contributed by atoms with Crippen LogP contribution in [0, 0.1) is 13.8 Å². The molecule has 2 heterocycles. The average molecular weight is 332 g/mol. The van der Waals surface area contributed by atoms with Crippen molar-refractivity contribution in [3.8, 4) is 5.69 Å². The molecular weight excluding hydrogens is 312 g/mol. The molecule has 0 aliphatic carbocycles. The monoisotopic (exact) mass is 332 g/mol. The summed E-state index contributed by atoms with van der Waals surface area (Å²) in [4.78, 5) is 12.2. The molecule has 2 aromatic rings. The van der Waals surface area contributed by atoms with Gasteiger partial charge in [0.05, 0.1) is 11.5 Å². The van der Waals surface area contributed by atoms with E-state index in [0.717, 1.165) is 17.1 Å². The van der Waals surface area contributed by atoms with Gasteiger partial charge in [-0.15, -0.1) is 0 Å². The van der Waals surface area contributed by atoms with Gasteiger partial charge in [-0.2, -0.15) is 0 Å². The van der Waals surface area contributed by atoms with Crippen molar-refractivity contribution in [3.05, 3.63) is 53.3 Å². The summed E-state index contributed by atoms with van der Waals surface area (Å²) in [6.07, 6.45) is 0.494. The number of nitrogens with one attached hydrogen (secondary N) is 1. The number of aromatic nitrogens is 1. The summed E-state index contributed by atoms with van der Waals surface area (Å²) in [5, 5.41) is 2.80. The fraction of sp³-hybridized carbons (Fsp3) is 0.353. The van der Waals surface area contributed by atoms with Crippen molar-refractivity contribution in [2.45, 2.75) is 26.3 Å². The Morgan fingerprint density at radius 2 is 1.70 bits per heavy atom. The van der Waals surface area contributed by atoms with E-state index in [1.54, 1.807) is 12.1 Å². The first-order valence-corrected chi connectivity index (χ1v) is 9.44. The van der Waals surface area contributed by atoms with Crippen LogP contribution in [0.5, 0.6) is 0 Å². The lowest BCUT2D eigenvalue weighted by Crippen LogP contribution is -2.35. The van der Waals surface area contributed by atoms with Crippen molar-refractivity contribution in [1.82, 2.24) is 9.88 Å². The molecule has 122 valence electrons. The molecule has 1 saturated heterocycles. The highest BCUT2D eigenvalue weighted by molar-refractivity contribution is 7.91. The smallest absolute Gasteiger partial charge is 0.251 e. The highest BCUT2D eigenvalue weighted by Crippen LogP contribution is 2.17. The predicted octanol–water partition coefficient (Wildman–Crippen LogP) is 2.01. The van der Waals surface area contributed by atoms with Crippen molar-refractivity contribution in [1.29, 1.82) is 0 Å². The van der Waals surface area contributed by atoms with Gasteiger partial charge in [0.2, 0.25) is 0 Å². The van der Waals surface area contributed by atoms with E-state index in [0.29, 0.717) is 12.0 Å². The molecule has 23 heavy (non-hydrogen) atoms. The minimum Gasteiger partial charge on any atom is -0.348 e. The van der Waals surface area contributed by atoms with Gasteiger partial charge in [0.25, 0.3) is 5.91 Å². The highest BCUT2D eigenvalue weighted by Gasteiger charge is 2.29. The zero-order valence-electron chi connectivity index (χ0n) is 13.2. The number of carbonyl (C=O) groups excluding carboxylic acids is 1. The molecule has 0 saturated carbocycles. The molecule has 0 radical (unpaired) electrons. The number of carbonyl (C=O) groups is 1. The summed E-state index contributed by atoms with van der Waals surface area (Å²) < 4.78 is 25.0. The van der Waals surface area contributed by atoms with Gasteiger partial charge in [-0.1, -0.05) is 0 Å². The highest BCUT2D eigenvalue weighted by atomic mass is 32.2. The first kappa shape index (κ1) is 15.8. The third kappa shape index (κ3) is 3.32. The normalized spacial score (nSPS) is 19.7. The van der Waals surface area contributed by atoms with E-state index in [-0.39, 0.29) is 23.5 Å². The number of sulfone groups is 1. The number of rotatable bonds is 3. The quantitative estimate of drug-likeness (QED) is 0.935. The first-order valence-electron chi connectivity index (χ1n) is 7.62. The number of hydrogen-bond acceptors (Lipinski definition) is 3. The number of amides is 1. The molecule has 1 amide bonds. The van der Waals surface area contributed by atoms with E-state index < -0.39 is 9.84 Å². The summed E-state index contributed by atoms with van der Waals surface area (Å²) >= 11 is 0. The van der Waals surface area contributed by atoms with E-state index in [1.165, 1.54) is 0 Å². The second-order valence-corrected chi connectivity index (χ2v) is 8.30. The Kier molecular flexibility index (Phi) is 4.02. The van der Waals surface area contributed by atoms with Gasteiger partial charge in [-0.05, 0) is 56.7 Å². The maximum Gasteiger partial charge on any atom is 0.251 e. The Labute approximate surface area is 136 Å². The average Bonchev–Trinajstić information content (AvgIpc) is 3.01. The maximum absolute atomic E-state index is 12.2. The summed E-state index contributed by atoms with van der Waals surface area (Å²) in [7, 11) is -2.99. The van der Waals surface area contributed by atoms with Crippen LogP contribution in [0.25, 0.3) is 5.69 Å². The molecule has 1 atom stereocenters. The van der Waals surface area contributed by atoms with Crippen molar-refractivity contribution >= 4 is 15.7 Å². The summed E-state index contributed by atoms with van der Waals surface area (Å²) in [6.45, 7) is 4.07. The van der Waals surface area contributed by atoms with E-state index in [4.69, 9.17) is 0 Å². The molecule has 6 heteroatoms. The van der Waals surface area contributed by atoms with Crippen molar-refractivity contribution in [2.24, 2.45) is 0 Å². The van der Waals surface area contributed by atoms with Gasteiger partial charge in [0, 0.05) is 28.7 Å². The summed E-state index contributed by atoms with van der Waals surface area (Å²) in [5.74, 6) is -0.0265. The zero-order valence-corrected chi connectivity index (χ0v) is 14.1. The van der Waals surface area contributed by atoms with E-state index >= 15 is 0 Å². The minimum absolute atomic E-state index is 0.0403. The molecule has 3 rings (SSSR count). The number of hydrogen-bond donors (Lipinski definition) is 1. The molecule has 0 spiro atoms.